The Morgan fingerprint density at radius 3 is 2.71 bits per heavy atom. The van der Waals surface area contributed by atoms with Crippen molar-refractivity contribution in [2.24, 2.45) is 12.9 Å². The minimum Gasteiger partial charge on any atom is -0.497 e. The number of aromatic nitrogens is 2. The lowest BCUT2D eigenvalue weighted by Crippen LogP contribution is -2.29. The Kier molecular flexibility index (Phi) is 5.19. The highest BCUT2D eigenvalue weighted by Crippen LogP contribution is 2.31. The third kappa shape index (κ3) is 3.53. The fourth-order valence-electron chi connectivity index (χ4n) is 2.35. The van der Waals surface area contributed by atoms with Gasteiger partial charge in [0.15, 0.2) is 0 Å². The molecule has 2 rings (SSSR count). The topological polar surface area (TPSA) is 74.3 Å². The van der Waals surface area contributed by atoms with Gasteiger partial charge in [0, 0.05) is 31.4 Å². The molecule has 2 aromatic rings. The highest BCUT2D eigenvalue weighted by molar-refractivity contribution is 5.42. The average molecular weight is 290 g/mol. The molecule has 0 saturated heterocycles. The maximum absolute atomic E-state index is 5.72. The Balaban J connectivity index is 2.18. The predicted molar refractivity (Wildman–Crippen MR) is 81.1 cm³/mol. The molecule has 3 N–H and O–H groups in total. The van der Waals surface area contributed by atoms with Gasteiger partial charge in [0.1, 0.15) is 17.3 Å². The molecule has 1 heterocycles. The van der Waals surface area contributed by atoms with E-state index in [1.54, 1.807) is 20.4 Å². The Labute approximate surface area is 124 Å². The molecule has 6 nitrogen and oxygen atoms in total. The summed E-state index contributed by atoms with van der Waals surface area (Å²) >= 11 is 0. The number of hydrogen-bond donors (Lipinski definition) is 2. The van der Waals surface area contributed by atoms with Gasteiger partial charge in [-0.3, -0.25) is 11.3 Å². The zero-order valence-electron chi connectivity index (χ0n) is 12.7. The molecule has 0 amide bonds. The molecule has 1 atom stereocenters. The molecule has 0 radical (unpaired) electrons. The lowest BCUT2D eigenvalue weighted by molar-refractivity contribution is 0.386. The standard InChI is InChI=1S/C15H22N4O2/c1-19-9-8-17-15(19)7-5-13(18-16)12-10-11(20-2)4-6-14(12)21-3/h4,6,8-10,13,18H,5,7,16H2,1-3H3. The summed E-state index contributed by atoms with van der Waals surface area (Å²) in [5.41, 5.74) is 3.83. The van der Waals surface area contributed by atoms with Crippen LogP contribution in [-0.2, 0) is 13.5 Å². The number of hydrazine groups is 1. The van der Waals surface area contributed by atoms with Crippen LogP contribution in [0.2, 0.25) is 0 Å². The summed E-state index contributed by atoms with van der Waals surface area (Å²) < 4.78 is 12.7. The molecule has 114 valence electrons. The molecule has 6 heteroatoms. The number of imidazole rings is 1. The molecule has 0 aliphatic heterocycles. The molecule has 1 aromatic carbocycles. The monoisotopic (exact) mass is 290 g/mol. The molecule has 1 aromatic heterocycles. The first-order valence-electron chi connectivity index (χ1n) is 6.83. The van der Waals surface area contributed by atoms with E-state index in [-0.39, 0.29) is 6.04 Å². The second kappa shape index (κ2) is 7.10. The summed E-state index contributed by atoms with van der Waals surface area (Å²) in [5.74, 6) is 8.32. The van der Waals surface area contributed by atoms with Crippen molar-refractivity contribution in [2.75, 3.05) is 14.2 Å². The molecule has 1 unspecified atom stereocenters. The van der Waals surface area contributed by atoms with Gasteiger partial charge >= 0.3 is 0 Å². The third-order valence-corrected chi connectivity index (χ3v) is 3.59. The minimum atomic E-state index is -0.0354. The first-order valence-corrected chi connectivity index (χ1v) is 6.83. The number of ether oxygens (including phenoxy) is 2. The first-order chi connectivity index (χ1) is 10.2. The highest BCUT2D eigenvalue weighted by Gasteiger charge is 2.17. The SMILES string of the molecule is COc1ccc(OC)c(C(CCc2nccn2C)NN)c1. The van der Waals surface area contributed by atoms with E-state index in [4.69, 9.17) is 15.3 Å². The van der Waals surface area contributed by atoms with E-state index in [9.17, 15) is 0 Å². The van der Waals surface area contributed by atoms with Gasteiger partial charge in [0.05, 0.1) is 20.3 Å². The molecule has 21 heavy (non-hydrogen) atoms. The number of aryl methyl sites for hydroxylation is 2. The zero-order valence-corrected chi connectivity index (χ0v) is 12.7. The van der Waals surface area contributed by atoms with E-state index >= 15 is 0 Å². The molecular weight excluding hydrogens is 268 g/mol. The van der Waals surface area contributed by atoms with Crippen LogP contribution in [0.4, 0.5) is 0 Å². The molecule has 0 bridgehead atoms. The summed E-state index contributed by atoms with van der Waals surface area (Å²) in [6.07, 6.45) is 5.36. The zero-order chi connectivity index (χ0) is 15.2. The summed E-state index contributed by atoms with van der Waals surface area (Å²) in [7, 11) is 5.28. The maximum atomic E-state index is 5.72. The lowest BCUT2D eigenvalue weighted by atomic mass is 10.0. The van der Waals surface area contributed by atoms with Gasteiger partial charge in [0.25, 0.3) is 0 Å². The van der Waals surface area contributed by atoms with Crippen molar-refractivity contribution in [2.45, 2.75) is 18.9 Å². The summed E-state index contributed by atoms with van der Waals surface area (Å²) in [6.45, 7) is 0. The fourth-order valence-corrected chi connectivity index (χ4v) is 2.35. The van der Waals surface area contributed by atoms with Crippen molar-refractivity contribution in [3.63, 3.8) is 0 Å². The van der Waals surface area contributed by atoms with Crippen LogP contribution in [0.5, 0.6) is 11.5 Å². The number of rotatable bonds is 7. The van der Waals surface area contributed by atoms with Crippen molar-refractivity contribution >= 4 is 0 Å². The molecule has 0 aliphatic rings. The van der Waals surface area contributed by atoms with Crippen LogP contribution in [0.25, 0.3) is 0 Å². The summed E-state index contributed by atoms with van der Waals surface area (Å²) in [4.78, 5) is 4.33. The quantitative estimate of drug-likeness (QED) is 0.598. The highest BCUT2D eigenvalue weighted by atomic mass is 16.5. The number of methoxy groups -OCH3 is 2. The number of nitrogens with two attached hydrogens (primary N) is 1. The van der Waals surface area contributed by atoms with Crippen LogP contribution in [0, 0.1) is 0 Å². The molecule has 0 saturated carbocycles. The van der Waals surface area contributed by atoms with Crippen LogP contribution in [0.15, 0.2) is 30.6 Å². The van der Waals surface area contributed by atoms with Crippen LogP contribution in [0.1, 0.15) is 23.9 Å². The Hall–Kier alpha value is -2.05. The summed E-state index contributed by atoms with van der Waals surface area (Å²) in [5, 5.41) is 0. The molecule has 0 spiro atoms. The summed E-state index contributed by atoms with van der Waals surface area (Å²) in [6, 6.07) is 5.67. The van der Waals surface area contributed by atoms with Crippen LogP contribution in [-0.4, -0.2) is 23.8 Å². The van der Waals surface area contributed by atoms with Gasteiger partial charge in [0.2, 0.25) is 0 Å². The second-order valence-electron chi connectivity index (χ2n) is 4.82. The predicted octanol–water partition coefficient (Wildman–Crippen LogP) is 1.57. The van der Waals surface area contributed by atoms with Crippen molar-refractivity contribution in [1.29, 1.82) is 0 Å². The second-order valence-corrected chi connectivity index (χ2v) is 4.82. The number of nitrogens with one attached hydrogen (secondary N) is 1. The number of benzene rings is 1. The van der Waals surface area contributed by atoms with E-state index in [1.807, 2.05) is 36.0 Å². The number of hydrogen-bond acceptors (Lipinski definition) is 5. The van der Waals surface area contributed by atoms with E-state index in [1.165, 1.54) is 0 Å². The van der Waals surface area contributed by atoms with E-state index < -0.39 is 0 Å². The van der Waals surface area contributed by atoms with E-state index in [2.05, 4.69) is 10.4 Å². The van der Waals surface area contributed by atoms with Gasteiger partial charge in [-0.25, -0.2) is 4.98 Å². The van der Waals surface area contributed by atoms with Gasteiger partial charge in [-0.1, -0.05) is 0 Å². The third-order valence-electron chi connectivity index (χ3n) is 3.59. The largest absolute Gasteiger partial charge is 0.497 e. The van der Waals surface area contributed by atoms with E-state index in [0.29, 0.717) is 0 Å². The van der Waals surface area contributed by atoms with Crippen LogP contribution >= 0.6 is 0 Å². The van der Waals surface area contributed by atoms with E-state index in [0.717, 1.165) is 35.7 Å². The van der Waals surface area contributed by atoms with Gasteiger partial charge in [-0.2, -0.15) is 0 Å². The van der Waals surface area contributed by atoms with Gasteiger partial charge in [-0.05, 0) is 24.6 Å². The molecule has 0 fully saturated rings. The molecular formula is C15H22N4O2. The van der Waals surface area contributed by atoms with Gasteiger partial charge < -0.3 is 14.0 Å². The van der Waals surface area contributed by atoms with Crippen LogP contribution < -0.4 is 20.7 Å². The minimum absolute atomic E-state index is 0.0354. The van der Waals surface area contributed by atoms with Crippen molar-refractivity contribution < 1.29 is 9.47 Å². The Bertz CT molecular complexity index is 583. The van der Waals surface area contributed by atoms with Crippen molar-refractivity contribution in [1.82, 2.24) is 15.0 Å². The maximum Gasteiger partial charge on any atom is 0.123 e. The van der Waals surface area contributed by atoms with Crippen molar-refractivity contribution in [3.8, 4) is 11.5 Å². The average Bonchev–Trinajstić information content (AvgIpc) is 2.93. The lowest BCUT2D eigenvalue weighted by Gasteiger charge is -2.19. The fraction of sp³-hybridized carbons (Fsp3) is 0.400. The van der Waals surface area contributed by atoms with Gasteiger partial charge in [-0.15, -0.1) is 0 Å². The molecule has 0 aliphatic carbocycles. The Morgan fingerprint density at radius 2 is 2.14 bits per heavy atom. The smallest absolute Gasteiger partial charge is 0.123 e. The number of nitrogens with zero attached hydrogens (tertiary/aromatic N) is 2. The van der Waals surface area contributed by atoms with Crippen molar-refractivity contribution in [3.05, 3.63) is 42.0 Å². The van der Waals surface area contributed by atoms with Crippen LogP contribution in [0.3, 0.4) is 0 Å². The normalized spacial score (nSPS) is 12.2. The first kappa shape index (κ1) is 15.3. The Morgan fingerprint density at radius 1 is 1.33 bits per heavy atom.